The Morgan fingerprint density at radius 3 is 2.75 bits per heavy atom. The fourth-order valence-corrected chi connectivity index (χ4v) is 4.81. The molecule has 0 bridgehead atoms. The van der Waals surface area contributed by atoms with E-state index in [0.29, 0.717) is 5.75 Å². The Kier molecular flexibility index (Phi) is 6.91. The van der Waals surface area contributed by atoms with Gasteiger partial charge < -0.3 is 9.88 Å². The highest BCUT2D eigenvalue weighted by molar-refractivity contribution is 7.99. The molecule has 7 heteroatoms. The van der Waals surface area contributed by atoms with Crippen molar-refractivity contribution in [3.05, 3.63) is 45.6 Å². The Morgan fingerprint density at radius 2 is 2.04 bits per heavy atom. The molecule has 0 saturated heterocycles. The number of nitrogens with zero attached hydrogens (tertiary/aromatic N) is 3. The van der Waals surface area contributed by atoms with Crippen LogP contribution in [0.1, 0.15) is 36.3 Å². The van der Waals surface area contributed by atoms with E-state index in [1.807, 2.05) is 26.0 Å². The van der Waals surface area contributed by atoms with Gasteiger partial charge in [-0.2, -0.15) is 0 Å². The fourth-order valence-electron chi connectivity index (χ4n) is 3.04. The zero-order valence-corrected chi connectivity index (χ0v) is 18.4. The number of rotatable bonds is 8. The molecule has 0 radical (unpaired) electrons. The molecule has 0 unspecified atom stereocenters. The number of amides is 1. The van der Waals surface area contributed by atoms with Crippen LogP contribution < -0.4 is 5.32 Å². The number of hydrogen-bond acceptors (Lipinski definition) is 5. The van der Waals surface area contributed by atoms with Crippen molar-refractivity contribution < 1.29 is 4.79 Å². The Morgan fingerprint density at radius 1 is 1.21 bits per heavy atom. The lowest BCUT2D eigenvalue weighted by Gasteiger charge is -2.09. The van der Waals surface area contributed by atoms with Crippen LogP contribution in [0.5, 0.6) is 0 Å². The molecule has 2 aromatic heterocycles. The van der Waals surface area contributed by atoms with Gasteiger partial charge in [0.05, 0.1) is 5.75 Å². The number of carbonyl (C=O) groups excluding carboxylic acids is 1. The first-order valence-corrected chi connectivity index (χ1v) is 11.4. The first kappa shape index (κ1) is 20.6. The number of anilines is 1. The molecule has 3 aromatic rings. The quantitative estimate of drug-likeness (QED) is 0.506. The maximum atomic E-state index is 12.4. The van der Waals surface area contributed by atoms with E-state index in [4.69, 9.17) is 0 Å². The number of thioether (sulfide) groups is 1. The molecular formula is C21H26N4OS2. The van der Waals surface area contributed by atoms with Crippen molar-refractivity contribution in [2.75, 3.05) is 11.1 Å². The SMILES string of the molecule is CCCc1cc(-c2nnc(SCC(=O)Nc3ccc(C)cc3C)n2CC)cs1. The Bertz CT molecular complexity index is 961. The van der Waals surface area contributed by atoms with Crippen LogP contribution in [0.4, 0.5) is 5.69 Å². The highest BCUT2D eigenvalue weighted by Gasteiger charge is 2.16. The van der Waals surface area contributed by atoms with Crippen molar-refractivity contribution in [2.45, 2.75) is 52.2 Å². The third-order valence-electron chi connectivity index (χ3n) is 4.43. The van der Waals surface area contributed by atoms with Crippen molar-refractivity contribution in [1.82, 2.24) is 14.8 Å². The summed E-state index contributed by atoms with van der Waals surface area (Å²) in [5.74, 6) is 1.14. The Labute approximate surface area is 174 Å². The Hall–Kier alpha value is -2.12. The molecule has 0 fully saturated rings. The average molecular weight is 415 g/mol. The third-order valence-corrected chi connectivity index (χ3v) is 6.39. The molecule has 1 amide bonds. The summed E-state index contributed by atoms with van der Waals surface area (Å²) in [7, 11) is 0. The van der Waals surface area contributed by atoms with Gasteiger partial charge in [0.15, 0.2) is 11.0 Å². The van der Waals surface area contributed by atoms with Gasteiger partial charge in [-0.25, -0.2) is 0 Å². The number of hydrogen-bond donors (Lipinski definition) is 1. The van der Waals surface area contributed by atoms with Crippen LogP contribution in [-0.2, 0) is 17.8 Å². The molecule has 1 aromatic carbocycles. The van der Waals surface area contributed by atoms with Crippen molar-refractivity contribution in [3.63, 3.8) is 0 Å². The van der Waals surface area contributed by atoms with Crippen LogP contribution in [0.25, 0.3) is 11.4 Å². The molecule has 3 rings (SSSR count). The van der Waals surface area contributed by atoms with Crippen LogP contribution in [0.3, 0.4) is 0 Å². The molecule has 148 valence electrons. The van der Waals surface area contributed by atoms with Gasteiger partial charge in [0.25, 0.3) is 0 Å². The fraction of sp³-hybridized carbons (Fsp3) is 0.381. The summed E-state index contributed by atoms with van der Waals surface area (Å²) in [5.41, 5.74) is 4.21. The van der Waals surface area contributed by atoms with E-state index in [0.717, 1.165) is 47.2 Å². The van der Waals surface area contributed by atoms with Gasteiger partial charge in [-0.3, -0.25) is 4.79 Å². The standard InChI is InChI=1S/C21H26N4OS2/c1-5-7-17-11-16(12-27-17)20-23-24-21(25(20)6-2)28-13-19(26)22-18-9-8-14(3)10-15(18)4/h8-12H,5-7,13H2,1-4H3,(H,22,26). The number of aryl methyl sites for hydroxylation is 3. The minimum Gasteiger partial charge on any atom is -0.325 e. The number of nitrogens with one attached hydrogen (secondary N) is 1. The van der Waals surface area contributed by atoms with E-state index < -0.39 is 0 Å². The van der Waals surface area contributed by atoms with Crippen molar-refractivity contribution in [1.29, 1.82) is 0 Å². The number of carbonyl (C=O) groups is 1. The van der Waals surface area contributed by atoms with Crippen LogP contribution >= 0.6 is 23.1 Å². The molecule has 28 heavy (non-hydrogen) atoms. The summed E-state index contributed by atoms with van der Waals surface area (Å²) >= 11 is 3.19. The monoisotopic (exact) mass is 414 g/mol. The van der Waals surface area contributed by atoms with Gasteiger partial charge >= 0.3 is 0 Å². The maximum absolute atomic E-state index is 12.4. The zero-order chi connectivity index (χ0) is 20.1. The van der Waals surface area contributed by atoms with Crippen LogP contribution in [0.15, 0.2) is 34.8 Å². The second-order valence-electron chi connectivity index (χ2n) is 6.76. The van der Waals surface area contributed by atoms with Crippen LogP contribution in [0.2, 0.25) is 0 Å². The predicted octanol–water partition coefficient (Wildman–Crippen LogP) is 5.33. The zero-order valence-electron chi connectivity index (χ0n) is 16.8. The normalized spacial score (nSPS) is 11.0. The molecule has 0 atom stereocenters. The van der Waals surface area contributed by atoms with Crippen LogP contribution in [0, 0.1) is 13.8 Å². The highest BCUT2D eigenvalue weighted by Crippen LogP contribution is 2.28. The first-order valence-electron chi connectivity index (χ1n) is 9.52. The minimum atomic E-state index is -0.0371. The summed E-state index contributed by atoms with van der Waals surface area (Å²) in [6.45, 7) is 9.08. The van der Waals surface area contributed by atoms with E-state index in [1.54, 1.807) is 11.3 Å². The molecule has 0 aliphatic rings. The molecule has 1 N–H and O–H groups in total. The van der Waals surface area contributed by atoms with Crippen molar-refractivity contribution >= 4 is 34.7 Å². The first-order chi connectivity index (χ1) is 13.5. The molecule has 2 heterocycles. The van der Waals surface area contributed by atoms with Gasteiger partial charge in [0.2, 0.25) is 5.91 Å². The van der Waals surface area contributed by atoms with Gasteiger partial charge in [-0.15, -0.1) is 21.5 Å². The molecule has 0 aliphatic carbocycles. The third kappa shape index (κ3) is 4.83. The highest BCUT2D eigenvalue weighted by atomic mass is 32.2. The minimum absolute atomic E-state index is 0.0371. The van der Waals surface area contributed by atoms with Gasteiger partial charge in [-0.1, -0.05) is 42.8 Å². The molecule has 0 spiro atoms. The second kappa shape index (κ2) is 9.39. The lowest BCUT2D eigenvalue weighted by Crippen LogP contribution is -2.15. The molecule has 0 aliphatic heterocycles. The molecular weight excluding hydrogens is 388 g/mol. The smallest absolute Gasteiger partial charge is 0.234 e. The van der Waals surface area contributed by atoms with E-state index >= 15 is 0 Å². The molecule has 5 nitrogen and oxygen atoms in total. The summed E-state index contributed by atoms with van der Waals surface area (Å²) in [5, 5.41) is 14.6. The van der Waals surface area contributed by atoms with E-state index in [2.05, 4.69) is 51.4 Å². The topological polar surface area (TPSA) is 59.8 Å². The average Bonchev–Trinajstić information content (AvgIpc) is 3.29. The van der Waals surface area contributed by atoms with Crippen LogP contribution in [-0.4, -0.2) is 26.4 Å². The molecule has 0 saturated carbocycles. The maximum Gasteiger partial charge on any atom is 0.234 e. The summed E-state index contributed by atoms with van der Waals surface area (Å²) < 4.78 is 2.08. The lowest BCUT2D eigenvalue weighted by molar-refractivity contribution is -0.113. The number of aromatic nitrogens is 3. The summed E-state index contributed by atoms with van der Waals surface area (Å²) in [4.78, 5) is 13.8. The van der Waals surface area contributed by atoms with Crippen molar-refractivity contribution in [2.24, 2.45) is 0 Å². The predicted molar refractivity (Wildman–Crippen MR) is 118 cm³/mol. The largest absolute Gasteiger partial charge is 0.325 e. The van der Waals surface area contributed by atoms with Crippen molar-refractivity contribution in [3.8, 4) is 11.4 Å². The number of thiophene rings is 1. The van der Waals surface area contributed by atoms with Gasteiger partial charge in [0.1, 0.15) is 0 Å². The van der Waals surface area contributed by atoms with E-state index in [1.165, 1.54) is 22.2 Å². The second-order valence-corrected chi connectivity index (χ2v) is 8.70. The summed E-state index contributed by atoms with van der Waals surface area (Å²) in [6, 6.07) is 8.22. The van der Waals surface area contributed by atoms with E-state index in [-0.39, 0.29) is 5.91 Å². The summed E-state index contributed by atoms with van der Waals surface area (Å²) in [6.07, 6.45) is 2.22. The Balaban J connectivity index is 1.67. The lowest BCUT2D eigenvalue weighted by atomic mass is 10.1. The number of benzene rings is 1. The van der Waals surface area contributed by atoms with E-state index in [9.17, 15) is 4.79 Å². The van der Waals surface area contributed by atoms with Gasteiger partial charge in [0, 0.05) is 28.1 Å². The van der Waals surface area contributed by atoms with Gasteiger partial charge in [-0.05, 0) is 44.9 Å².